The van der Waals surface area contributed by atoms with Crippen LogP contribution in [0.1, 0.15) is 18.9 Å². The fourth-order valence-electron chi connectivity index (χ4n) is 1.18. The largest absolute Gasteiger partial charge is 0.396 e. The van der Waals surface area contributed by atoms with Crippen molar-refractivity contribution in [1.82, 2.24) is 0 Å². The SMILES string of the molecule is CC(CCO)Sc1ccc(CN)cc1. The van der Waals surface area contributed by atoms with Crippen molar-refractivity contribution in [2.75, 3.05) is 6.61 Å². The van der Waals surface area contributed by atoms with Crippen molar-refractivity contribution in [3.8, 4) is 0 Å². The molecule has 1 unspecified atom stereocenters. The minimum absolute atomic E-state index is 0.259. The molecule has 0 amide bonds. The van der Waals surface area contributed by atoms with Crippen molar-refractivity contribution < 1.29 is 5.11 Å². The molecule has 0 aliphatic heterocycles. The summed E-state index contributed by atoms with van der Waals surface area (Å²) in [6.07, 6.45) is 0.837. The highest BCUT2D eigenvalue weighted by molar-refractivity contribution is 7.99. The molecule has 0 saturated heterocycles. The number of aliphatic hydroxyl groups is 1. The van der Waals surface area contributed by atoms with Crippen LogP contribution >= 0.6 is 11.8 Å². The van der Waals surface area contributed by atoms with E-state index in [1.54, 1.807) is 11.8 Å². The van der Waals surface area contributed by atoms with Crippen LogP contribution in [0.2, 0.25) is 0 Å². The van der Waals surface area contributed by atoms with Crippen molar-refractivity contribution in [3.05, 3.63) is 29.8 Å². The van der Waals surface area contributed by atoms with Gasteiger partial charge < -0.3 is 10.8 Å². The van der Waals surface area contributed by atoms with E-state index in [0.29, 0.717) is 11.8 Å². The summed E-state index contributed by atoms with van der Waals surface area (Å²) in [6, 6.07) is 8.27. The van der Waals surface area contributed by atoms with Gasteiger partial charge in [-0.3, -0.25) is 0 Å². The Morgan fingerprint density at radius 3 is 2.50 bits per heavy atom. The summed E-state index contributed by atoms with van der Waals surface area (Å²) < 4.78 is 0. The quantitative estimate of drug-likeness (QED) is 0.732. The second kappa shape index (κ2) is 6.06. The van der Waals surface area contributed by atoms with Crippen molar-refractivity contribution in [1.29, 1.82) is 0 Å². The number of thioether (sulfide) groups is 1. The Labute approximate surface area is 89.5 Å². The fourth-order valence-corrected chi connectivity index (χ4v) is 2.16. The van der Waals surface area contributed by atoms with E-state index >= 15 is 0 Å². The Kier molecular flexibility index (Phi) is 5.01. The molecule has 0 aliphatic rings. The zero-order valence-corrected chi connectivity index (χ0v) is 9.26. The molecular weight excluding hydrogens is 194 g/mol. The lowest BCUT2D eigenvalue weighted by atomic mass is 10.2. The summed E-state index contributed by atoms with van der Waals surface area (Å²) >= 11 is 1.79. The Morgan fingerprint density at radius 2 is 2.00 bits per heavy atom. The second-order valence-electron chi connectivity index (χ2n) is 3.29. The molecule has 14 heavy (non-hydrogen) atoms. The molecule has 3 N–H and O–H groups in total. The third-order valence-electron chi connectivity index (χ3n) is 2.03. The molecule has 0 aliphatic carbocycles. The molecule has 1 rings (SSSR count). The van der Waals surface area contributed by atoms with Crippen molar-refractivity contribution in [2.24, 2.45) is 5.73 Å². The second-order valence-corrected chi connectivity index (χ2v) is 4.80. The molecule has 3 heteroatoms. The zero-order valence-electron chi connectivity index (χ0n) is 8.44. The maximum absolute atomic E-state index is 8.77. The van der Waals surface area contributed by atoms with Gasteiger partial charge in [0.1, 0.15) is 0 Å². The summed E-state index contributed by atoms with van der Waals surface area (Å²) in [5.74, 6) is 0. The van der Waals surface area contributed by atoms with Gasteiger partial charge in [0.2, 0.25) is 0 Å². The molecule has 0 spiro atoms. The van der Waals surface area contributed by atoms with Crippen LogP contribution in [0.15, 0.2) is 29.2 Å². The Bertz CT molecular complexity index is 260. The molecule has 1 atom stereocenters. The lowest BCUT2D eigenvalue weighted by molar-refractivity contribution is 0.289. The summed E-state index contributed by atoms with van der Waals surface area (Å²) in [4.78, 5) is 1.24. The first-order chi connectivity index (χ1) is 6.76. The van der Waals surface area contributed by atoms with Gasteiger partial charge in [-0.1, -0.05) is 19.1 Å². The van der Waals surface area contributed by atoms with Gasteiger partial charge in [0.05, 0.1) is 0 Å². The maximum atomic E-state index is 8.77. The van der Waals surface area contributed by atoms with Crippen LogP contribution in [-0.2, 0) is 6.54 Å². The van der Waals surface area contributed by atoms with Gasteiger partial charge in [-0.15, -0.1) is 11.8 Å². The van der Waals surface area contributed by atoms with E-state index in [4.69, 9.17) is 10.8 Å². The van der Waals surface area contributed by atoms with Crippen LogP contribution in [0.5, 0.6) is 0 Å². The van der Waals surface area contributed by atoms with Crippen LogP contribution in [0.4, 0.5) is 0 Å². The lowest BCUT2D eigenvalue weighted by Gasteiger charge is -2.09. The Balaban J connectivity index is 2.50. The first kappa shape index (κ1) is 11.6. The number of hydrogen-bond donors (Lipinski definition) is 2. The van der Waals surface area contributed by atoms with Gasteiger partial charge in [0.15, 0.2) is 0 Å². The molecule has 0 heterocycles. The zero-order chi connectivity index (χ0) is 10.4. The molecule has 78 valence electrons. The highest BCUT2D eigenvalue weighted by Gasteiger charge is 2.03. The highest BCUT2D eigenvalue weighted by atomic mass is 32.2. The number of nitrogens with two attached hydrogens (primary N) is 1. The van der Waals surface area contributed by atoms with E-state index in [1.807, 2.05) is 12.1 Å². The fraction of sp³-hybridized carbons (Fsp3) is 0.455. The van der Waals surface area contributed by atoms with Crippen molar-refractivity contribution in [2.45, 2.75) is 30.0 Å². The van der Waals surface area contributed by atoms with Crippen LogP contribution < -0.4 is 5.73 Å². The molecule has 0 aromatic heterocycles. The summed E-state index contributed by atoms with van der Waals surface area (Å²) in [7, 11) is 0. The summed E-state index contributed by atoms with van der Waals surface area (Å²) in [6.45, 7) is 2.98. The normalized spacial score (nSPS) is 12.8. The van der Waals surface area contributed by atoms with Gasteiger partial charge in [0.25, 0.3) is 0 Å². The molecule has 0 fully saturated rings. The van der Waals surface area contributed by atoms with Crippen LogP contribution in [0.25, 0.3) is 0 Å². The molecule has 0 saturated carbocycles. The molecule has 1 aromatic rings. The summed E-state index contributed by atoms with van der Waals surface area (Å²) in [5, 5.41) is 9.23. The topological polar surface area (TPSA) is 46.2 Å². The summed E-state index contributed by atoms with van der Waals surface area (Å²) in [5.41, 5.74) is 6.67. The number of rotatable bonds is 5. The third kappa shape index (κ3) is 3.70. The molecule has 0 bridgehead atoms. The van der Waals surface area contributed by atoms with Crippen molar-refractivity contribution >= 4 is 11.8 Å². The monoisotopic (exact) mass is 211 g/mol. The predicted octanol–water partition coefficient (Wildman–Crippen LogP) is 2.01. The van der Waals surface area contributed by atoms with E-state index in [2.05, 4.69) is 19.1 Å². The van der Waals surface area contributed by atoms with Gasteiger partial charge >= 0.3 is 0 Å². The predicted molar refractivity (Wildman–Crippen MR) is 61.4 cm³/mol. The molecular formula is C11H17NOS. The smallest absolute Gasteiger partial charge is 0.0441 e. The lowest BCUT2D eigenvalue weighted by Crippen LogP contribution is -1.99. The van der Waals surface area contributed by atoms with Crippen LogP contribution in [-0.4, -0.2) is 17.0 Å². The minimum Gasteiger partial charge on any atom is -0.396 e. The van der Waals surface area contributed by atoms with Gasteiger partial charge in [-0.05, 0) is 24.1 Å². The Hall–Kier alpha value is -0.510. The van der Waals surface area contributed by atoms with Crippen molar-refractivity contribution in [3.63, 3.8) is 0 Å². The number of hydrogen-bond acceptors (Lipinski definition) is 3. The average molecular weight is 211 g/mol. The third-order valence-corrected chi connectivity index (χ3v) is 3.21. The minimum atomic E-state index is 0.259. The molecule has 0 radical (unpaired) electrons. The van der Waals surface area contributed by atoms with Crippen LogP contribution in [0, 0.1) is 0 Å². The number of benzene rings is 1. The Morgan fingerprint density at radius 1 is 1.36 bits per heavy atom. The van der Waals surface area contributed by atoms with Gasteiger partial charge in [-0.25, -0.2) is 0 Å². The van der Waals surface area contributed by atoms with E-state index in [1.165, 1.54) is 4.90 Å². The van der Waals surface area contributed by atoms with Gasteiger partial charge in [-0.2, -0.15) is 0 Å². The first-order valence-electron chi connectivity index (χ1n) is 4.82. The van der Waals surface area contributed by atoms with E-state index < -0.39 is 0 Å². The highest BCUT2D eigenvalue weighted by Crippen LogP contribution is 2.24. The van der Waals surface area contributed by atoms with Gasteiger partial charge in [0, 0.05) is 23.3 Å². The maximum Gasteiger partial charge on any atom is 0.0441 e. The average Bonchev–Trinajstić information content (AvgIpc) is 2.19. The van der Waals surface area contributed by atoms with Crippen LogP contribution in [0.3, 0.4) is 0 Å². The standard InChI is InChI=1S/C11H17NOS/c1-9(6-7-13)14-11-4-2-10(8-12)3-5-11/h2-5,9,13H,6-8,12H2,1H3. The molecule has 2 nitrogen and oxygen atoms in total. The van der Waals surface area contributed by atoms with E-state index in [0.717, 1.165) is 12.0 Å². The number of aliphatic hydroxyl groups excluding tert-OH is 1. The van der Waals surface area contributed by atoms with E-state index in [9.17, 15) is 0 Å². The molecule has 1 aromatic carbocycles. The van der Waals surface area contributed by atoms with E-state index in [-0.39, 0.29) is 6.61 Å². The first-order valence-corrected chi connectivity index (χ1v) is 5.70.